The Labute approximate surface area is 227 Å². The first-order valence-corrected chi connectivity index (χ1v) is 14.3. The van der Waals surface area contributed by atoms with Crippen molar-refractivity contribution in [1.82, 2.24) is 9.55 Å². The van der Waals surface area contributed by atoms with E-state index in [0.29, 0.717) is 11.1 Å². The van der Waals surface area contributed by atoms with E-state index in [2.05, 4.69) is 4.98 Å². The molecule has 0 bridgehead atoms. The summed E-state index contributed by atoms with van der Waals surface area (Å²) in [5.74, 6) is -0.360. The SMILES string of the molecule is CC(C)(C)c1cc(C(C)(C)C)c2c(c1F)COP(=O)(O[C@H]1C[C@H](n3cc([125I])c(=O)[nH]c3=O)O[C@@H]1CO)O2. The summed E-state index contributed by atoms with van der Waals surface area (Å²) >= 11 is 1.78. The third-order valence-corrected chi connectivity index (χ3v) is 8.50. The molecule has 13 heteroatoms. The molecule has 4 rings (SSSR count). The minimum absolute atomic E-state index is 0.0142. The van der Waals surface area contributed by atoms with Gasteiger partial charge in [-0.1, -0.05) is 41.5 Å². The Bertz CT molecular complexity index is 1380. The second-order valence-electron chi connectivity index (χ2n) is 11.2. The van der Waals surface area contributed by atoms with Gasteiger partial charge >= 0.3 is 13.5 Å². The molecule has 0 spiro atoms. The second kappa shape index (κ2) is 9.87. The highest BCUT2D eigenvalue weighted by atomic mass is 125. The van der Waals surface area contributed by atoms with Crippen molar-refractivity contribution in [2.24, 2.45) is 0 Å². The summed E-state index contributed by atoms with van der Waals surface area (Å²) in [5, 5.41) is 9.86. The number of ether oxygens (including phenoxy) is 1. The van der Waals surface area contributed by atoms with Crippen molar-refractivity contribution in [3.8, 4) is 5.75 Å². The Balaban J connectivity index is 1.66. The lowest BCUT2D eigenvalue weighted by Crippen LogP contribution is -2.33. The van der Waals surface area contributed by atoms with Gasteiger partial charge in [0.15, 0.2) is 0 Å². The molecule has 1 saturated heterocycles. The van der Waals surface area contributed by atoms with Crippen LogP contribution in [-0.4, -0.2) is 33.5 Å². The number of hydrogen-bond donors (Lipinski definition) is 2. The first kappa shape index (κ1) is 28.4. The minimum Gasteiger partial charge on any atom is -0.403 e. The largest absolute Gasteiger partial charge is 0.530 e. The van der Waals surface area contributed by atoms with E-state index in [9.17, 15) is 19.3 Å². The fraction of sp³-hybridized carbons (Fsp3) is 0.583. The molecule has 2 aliphatic heterocycles. The molecule has 1 aromatic carbocycles. The molecular formula is C24H31FIN2O8P. The van der Waals surface area contributed by atoms with Gasteiger partial charge in [-0.25, -0.2) is 13.8 Å². The van der Waals surface area contributed by atoms with E-state index in [1.54, 1.807) is 28.7 Å². The van der Waals surface area contributed by atoms with Crippen LogP contribution in [0.4, 0.5) is 4.39 Å². The summed E-state index contributed by atoms with van der Waals surface area (Å²) in [6.07, 6.45) is -1.49. The standard InChI is InChI=1S/C24H31FIN2O8P/c1-23(2,3)13-7-14(24(4,5)6)20-12(19(13)25)11-33-37(32,36-20)35-16-8-18(34-17(16)10-29)28-9-15(26)21(30)27-22(28)31/h7,9,16-18,29H,8,10-11H2,1-6H3,(H,27,30,31)/t16-,17+,18+,37?/m0/s1/i26-2. The molecule has 1 unspecified atom stereocenters. The number of phosphoric ester groups is 1. The van der Waals surface area contributed by atoms with Crippen molar-refractivity contribution in [3.63, 3.8) is 0 Å². The number of phosphoric acid groups is 1. The summed E-state index contributed by atoms with van der Waals surface area (Å²) in [6, 6.07) is 1.74. The molecule has 3 heterocycles. The molecule has 10 nitrogen and oxygen atoms in total. The van der Waals surface area contributed by atoms with Crippen LogP contribution in [0.25, 0.3) is 0 Å². The van der Waals surface area contributed by atoms with Crippen LogP contribution in [0, 0.1) is 9.39 Å². The predicted molar refractivity (Wildman–Crippen MR) is 141 cm³/mol. The highest BCUT2D eigenvalue weighted by Gasteiger charge is 2.47. The van der Waals surface area contributed by atoms with E-state index >= 15 is 4.39 Å². The maximum absolute atomic E-state index is 15.5. The summed E-state index contributed by atoms with van der Waals surface area (Å²) in [4.78, 5) is 26.2. The normalized spacial score (nSPS) is 26.1. The summed E-state index contributed by atoms with van der Waals surface area (Å²) in [6.45, 7) is 10.7. The monoisotopic (exact) mass is 650 g/mol. The highest BCUT2D eigenvalue weighted by molar-refractivity contribution is 14.1. The van der Waals surface area contributed by atoms with E-state index in [4.69, 9.17) is 18.3 Å². The van der Waals surface area contributed by atoms with E-state index in [-0.39, 0.29) is 27.9 Å². The molecule has 1 aromatic heterocycles. The fourth-order valence-corrected chi connectivity index (χ4v) is 6.22. The van der Waals surface area contributed by atoms with Gasteiger partial charge in [0.1, 0.15) is 30.0 Å². The van der Waals surface area contributed by atoms with Gasteiger partial charge in [-0.15, -0.1) is 0 Å². The van der Waals surface area contributed by atoms with Crippen LogP contribution in [0.1, 0.15) is 70.9 Å². The summed E-state index contributed by atoms with van der Waals surface area (Å²) < 4.78 is 53.4. The van der Waals surface area contributed by atoms with Crippen molar-refractivity contribution in [2.75, 3.05) is 6.61 Å². The Morgan fingerprint density at radius 2 is 1.86 bits per heavy atom. The zero-order chi connectivity index (χ0) is 27.5. The van der Waals surface area contributed by atoms with Gasteiger partial charge in [-0.2, -0.15) is 0 Å². The lowest BCUT2D eigenvalue weighted by molar-refractivity contribution is -0.0468. The lowest BCUT2D eigenvalue weighted by Gasteiger charge is -2.34. The number of nitrogens with one attached hydrogen (secondary N) is 1. The van der Waals surface area contributed by atoms with Crippen LogP contribution < -0.4 is 15.8 Å². The number of hydrogen-bond acceptors (Lipinski definition) is 8. The zero-order valence-electron chi connectivity index (χ0n) is 21.5. The number of benzene rings is 1. The second-order valence-corrected chi connectivity index (χ2v) is 13.9. The number of rotatable bonds is 4. The molecule has 0 amide bonds. The molecule has 2 aromatic rings. The third kappa shape index (κ3) is 5.60. The van der Waals surface area contributed by atoms with Crippen LogP contribution >= 0.6 is 30.4 Å². The minimum atomic E-state index is -4.27. The van der Waals surface area contributed by atoms with E-state index < -0.39 is 60.8 Å². The molecule has 0 saturated carbocycles. The average Bonchev–Trinajstić information content (AvgIpc) is 3.16. The molecule has 0 radical (unpaired) electrons. The molecule has 0 aliphatic carbocycles. The Morgan fingerprint density at radius 1 is 1.22 bits per heavy atom. The predicted octanol–water partition coefficient (Wildman–Crippen LogP) is 4.26. The van der Waals surface area contributed by atoms with E-state index in [1.807, 2.05) is 41.5 Å². The molecule has 1 fully saturated rings. The average molecular weight is 650 g/mol. The Kier molecular flexibility index (Phi) is 7.59. The first-order chi connectivity index (χ1) is 17.0. The lowest BCUT2D eigenvalue weighted by atomic mass is 9.78. The summed E-state index contributed by atoms with van der Waals surface area (Å²) in [7, 11) is -4.27. The number of halogens is 2. The van der Waals surface area contributed by atoms with E-state index in [1.165, 1.54) is 10.8 Å². The quantitative estimate of drug-likeness (QED) is 0.371. The maximum atomic E-state index is 15.5. The van der Waals surface area contributed by atoms with Crippen molar-refractivity contribution in [1.29, 1.82) is 0 Å². The third-order valence-electron chi connectivity index (χ3n) is 6.35. The number of aliphatic hydroxyl groups is 1. The molecule has 2 aliphatic rings. The maximum Gasteiger partial charge on any atom is 0.530 e. The van der Waals surface area contributed by atoms with Crippen molar-refractivity contribution in [3.05, 3.63) is 59.2 Å². The van der Waals surface area contributed by atoms with Gasteiger partial charge in [0.2, 0.25) is 0 Å². The highest BCUT2D eigenvalue weighted by Crippen LogP contribution is 2.59. The number of fused-ring (bicyclic) bond motifs is 1. The first-order valence-electron chi connectivity index (χ1n) is 11.8. The topological polar surface area (TPSA) is 129 Å². The van der Waals surface area contributed by atoms with Crippen LogP contribution in [0.2, 0.25) is 0 Å². The Hall–Kier alpha value is -1.57. The van der Waals surface area contributed by atoms with Crippen LogP contribution in [-0.2, 0) is 35.8 Å². The number of aliphatic hydroxyl groups excluding tert-OH is 1. The molecular weight excluding hydrogens is 619 g/mol. The molecule has 204 valence electrons. The van der Waals surface area contributed by atoms with Crippen molar-refractivity contribution in [2.45, 2.75) is 83.8 Å². The van der Waals surface area contributed by atoms with Gasteiger partial charge in [0.05, 0.1) is 22.3 Å². The van der Waals surface area contributed by atoms with Crippen molar-refractivity contribution < 1.29 is 32.4 Å². The fourth-order valence-electron chi connectivity index (χ4n) is 4.35. The number of H-pyrrole nitrogens is 1. The molecule has 37 heavy (non-hydrogen) atoms. The number of nitrogens with zero attached hydrogens (tertiary/aromatic N) is 1. The van der Waals surface area contributed by atoms with Gasteiger partial charge in [-0.3, -0.25) is 23.4 Å². The van der Waals surface area contributed by atoms with E-state index in [0.717, 1.165) is 0 Å². The summed E-state index contributed by atoms with van der Waals surface area (Å²) in [5.41, 5.74) is -0.866. The molecule has 2 N–H and O–H groups in total. The van der Waals surface area contributed by atoms with Gasteiger partial charge in [0, 0.05) is 18.2 Å². The van der Waals surface area contributed by atoms with Crippen molar-refractivity contribution >= 4 is 30.4 Å². The number of aromatic nitrogens is 2. The van der Waals surface area contributed by atoms with Gasteiger partial charge in [-0.05, 0) is 45.1 Å². The zero-order valence-corrected chi connectivity index (χ0v) is 24.5. The smallest absolute Gasteiger partial charge is 0.403 e. The van der Waals surface area contributed by atoms with Gasteiger partial charge in [0.25, 0.3) is 5.56 Å². The van der Waals surface area contributed by atoms with Crippen LogP contribution in [0.5, 0.6) is 5.75 Å². The molecule has 4 atom stereocenters. The van der Waals surface area contributed by atoms with Gasteiger partial charge < -0.3 is 14.4 Å². The number of aromatic amines is 1. The van der Waals surface area contributed by atoms with Crippen LogP contribution in [0.3, 0.4) is 0 Å². The Morgan fingerprint density at radius 3 is 2.46 bits per heavy atom. The van der Waals surface area contributed by atoms with Crippen LogP contribution in [0.15, 0.2) is 21.9 Å².